The van der Waals surface area contributed by atoms with Crippen LogP contribution in [0, 0.1) is 6.92 Å². The van der Waals surface area contributed by atoms with Gasteiger partial charge in [0, 0.05) is 6.42 Å². The molecule has 0 saturated carbocycles. The van der Waals surface area contributed by atoms with E-state index < -0.39 is 0 Å². The Balaban J connectivity index is 3.27. The van der Waals surface area contributed by atoms with Crippen LogP contribution in [0.3, 0.4) is 0 Å². The van der Waals surface area contributed by atoms with Gasteiger partial charge in [0.25, 0.3) is 0 Å². The summed E-state index contributed by atoms with van der Waals surface area (Å²) in [6.45, 7) is 11.4. The molecular formula is C16H20N2. The lowest BCUT2D eigenvalue weighted by Crippen LogP contribution is -2.07. The van der Waals surface area contributed by atoms with E-state index in [-0.39, 0.29) is 0 Å². The molecule has 1 aromatic carbocycles. The third-order valence-electron chi connectivity index (χ3n) is 2.76. The molecule has 0 amide bonds. The maximum Gasteiger partial charge on any atom is 0.126 e. The molecule has 2 N–H and O–H groups in total. The van der Waals surface area contributed by atoms with Crippen LogP contribution in [0.4, 0.5) is 0 Å². The van der Waals surface area contributed by atoms with Crippen LogP contribution >= 0.6 is 0 Å². The summed E-state index contributed by atoms with van der Waals surface area (Å²) in [6, 6.07) is 8.13. The van der Waals surface area contributed by atoms with Crippen LogP contribution in [0.15, 0.2) is 66.0 Å². The van der Waals surface area contributed by atoms with Crippen LogP contribution in [0.1, 0.15) is 24.5 Å². The third-order valence-corrected chi connectivity index (χ3v) is 2.76. The minimum absolute atomic E-state index is 0.505. The maximum atomic E-state index is 5.93. The average molecular weight is 240 g/mol. The summed E-state index contributed by atoms with van der Waals surface area (Å²) in [7, 11) is 0. The van der Waals surface area contributed by atoms with E-state index in [1.807, 2.05) is 31.2 Å². The normalized spacial score (nSPS) is 12.9. The topological polar surface area (TPSA) is 38.4 Å². The van der Waals surface area contributed by atoms with Crippen LogP contribution in [-0.2, 0) is 0 Å². The van der Waals surface area contributed by atoms with Gasteiger partial charge in [-0.3, -0.25) is 0 Å². The van der Waals surface area contributed by atoms with E-state index in [0.717, 1.165) is 16.8 Å². The first-order valence-corrected chi connectivity index (χ1v) is 5.93. The summed E-state index contributed by atoms with van der Waals surface area (Å²) < 4.78 is 0. The molecule has 0 aliphatic rings. The van der Waals surface area contributed by atoms with Crippen molar-refractivity contribution in [3.05, 3.63) is 72.1 Å². The van der Waals surface area contributed by atoms with E-state index in [1.54, 1.807) is 6.08 Å². The van der Waals surface area contributed by atoms with Gasteiger partial charge in [-0.15, -0.1) is 6.58 Å². The van der Waals surface area contributed by atoms with Crippen molar-refractivity contribution < 1.29 is 0 Å². The minimum Gasteiger partial charge on any atom is -0.383 e. The van der Waals surface area contributed by atoms with Gasteiger partial charge in [-0.1, -0.05) is 43.0 Å². The molecule has 2 nitrogen and oxygen atoms in total. The predicted molar refractivity (Wildman–Crippen MR) is 79.6 cm³/mol. The molecule has 0 aliphatic carbocycles. The SMILES string of the molecule is C=CC/C(=N\C(N)=C(/C)C=C)c1ccccc1C. The van der Waals surface area contributed by atoms with E-state index >= 15 is 0 Å². The van der Waals surface area contributed by atoms with Gasteiger partial charge in [0.2, 0.25) is 0 Å². The van der Waals surface area contributed by atoms with Crippen molar-refractivity contribution in [2.75, 3.05) is 0 Å². The fraction of sp³-hybridized carbons (Fsp3) is 0.188. The molecule has 1 aromatic rings. The van der Waals surface area contributed by atoms with Crippen molar-refractivity contribution in [2.45, 2.75) is 20.3 Å². The maximum absolute atomic E-state index is 5.93. The Bertz CT molecular complexity index is 508. The largest absolute Gasteiger partial charge is 0.383 e. The summed E-state index contributed by atoms with van der Waals surface area (Å²) in [5.74, 6) is 0.505. The number of rotatable bonds is 5. The smallest absolute Gasteiger partial charge is 0.126 e. The fourth-order valence-corrected chi connectivity index (χ4v) is 1.59. The quantitative estimate of drug-likeness (QED) is 0.475. The van der Waals surface area contributed by atoms with Crippen molar-refractivity contribution in [3.63, 3.8) is 0 Å². The van der Waals surface area contributed by atoms with Gasteiger partial charge in [-0.2, -0.15) is 0 Å². The summed E-state index contributed by atoms with van der Waals surface area (Å²) in [5, 5.41) is 0. The second-order valence-corrected chi connectivity index (χ2v) is 4.14. The number of allylic oxidation sites excluding steroid dienone is 3. The predicted octanol–water partition coefficient (Wildman–Crippen LogP) is 3.74. The minimum atomic E-state index is 0.505. The van der Waals surface area contributed by atoms with Crippen LogP contribution < -0.4 is 5.73 Å². The standard InChI is InChI=1S/C16H20N2/c1-5-9-15(18-16(17)12(3)6-2)14-11-8-7-10-13(14)4/h5-8,10-11H,1-2,9,17H2,3-4H3/b16-12+,18-15+. The van der Waals surface area contributed by atoms with E-state index in [9.17, 15) is 0 Å². The summed E-state index contributed by atoms with van der Waals surface area (Å²) in [4.78, 5) is 4.50. The first-order chi connectivity index (χ1) is 8.60. The monoisotopic (exact) mass is 240 g/mol. The van der Waals surface area contributed by atoms with Crippen molar-refractivity contribution >= 4 is 5.71 Å². The lowest BCUT2D eigenvalue weighted by Gasteiger charge is -2.08. The van der Waals surface area contributed by atoms with Gasteiger partial charge < -0.3 is 5.73 Å². The highest BCUT2D eigenvalue weighted by atomic mass is 14.9. The zero-order valence-electron chi connectivity index (χ0n) is 11.1. The molecule has 0 heterocycles. The van der Waals surface area contributed by atoms with Gasteiger partial charge in [-0.25, -0.2) is 4.99 Å². The average Bonchev–Trinajstić information content (AvgIpc) is 2.37. The Hall–Kier alpha value is -2.09. The summed E-state index contributed by atoms with van der Waals surface area (Å²) >= 11 is 0. The lowest BCUT2D eigenvalue weighted by atomic mass is 10.0. The molecule has 0 unspecified atom stereocenters. The molecule has 0 fully saturated rings. The molecular weight excluding hydrogens is 220 g/mol. The van der Waals surface area contributed by atoms with Gasteiger partial charge in [0.05, 0.1) is 5.71 Å². The Morgan fingerprint density at radius 2 is 2.00 bits per heavy atom. The Labute approximate surface area is 109 Å². The molecule has 2 heteroatoms. The molecule has 0 aromatic heterocycles. The summed E-state index contributed by atoms with van der Waals surface area (Å²) in [6.07, 6.45) is 4.24. The Morgan fingerprint density at radius 3 is 2.56 bits per heavy atom. The van der Waals surface area contributed by atoms with Crippen LogP contribution in [0.5, 0.6) is 0 Å². The first kappa shape index (κ1) is 14.0. The molecule has 18 heavy (non-hydrogen) atoms. The van der Waals surface area contributed by atoms with E-state index in [2.05, 4.69) is 31.1 Å². The number of nitrogens with zero attached hydrogens (tertiary/aromatic N) is 1. The van der Waals surface area contributed by atoms with E-state index in [0.29, 0.717) is 12.2 Å². The number of aryl methyl sites for hydroxylation is 1. The van der Waals surface area contributed by atoms with Crippen LogP contribution in [-0.4, -0.2) is 5.71 Å². The van der Waals surface area contributed by atoms with Gasteiger partial charge in [-0.05, 0) is 30.5 Å². The molecule has 0 atom stereocenters. The molecule has 94 valence electrons. The molecule has 1 rings (SSSR count). The molecule has 0 spiro atoms. The number of hydrogen-bond acceptors (Lipinski definition) is 2. The van der Waals surface area contributed by atoms with Gasteiger partial charge in [0.15, 0.2) is 0 Å². The van der Waals surface area contributed by atoms with Crippen molar-refractivity contribution in [1.29, 1.82) is 0 Å². The van der Waals surface area contributed by atoms with Gasteiger partial charge in [0.1, 0.15) is 5.82 Å². The van der Waals surface area contributed by atoms with Crippen molar-refractivity contribution in [1.82, 2.24) is 0 Å². The zero-order chi connectivity index (χ0) is 13.5. The molecule has 0 saturated heterocycles. The van der Waals surface area contributed by atoms with Crippen LogP contribution in [0.2, 0.25) is 0 Å². The molecule has 0 aliphatic heterocycles. The van der Waals surface area contributed by atoms with Crippen molar-refractivity contribution in [3.8, 4) is 0 Å². The second-order valence-electron chi connectivity index (χ2n) is 4.14. The van der Waals surface area contributed by atoms with Crippen molar-refractivity contribution in [2.24, 2.45) is 10.7 Å². The molecule has 0 radical (unpaired) electrons. The highest BCUT2D eigenvalue weighted by molar-refractivity contribution is 6.03. The Kier molecular flexibility index (Phi) is 5.12. The lowest BCUT2D eigenvalue weighted by molar-refractivity contribution is 1.17. The van der Waals surface area contributed by atoms with Crippen LogP contribution in [0.25, 0.3) is 0 Å². The first-order valence-electron chi connectivity index (χ1n) is 5.93. The second kappa shape index (κ2) is 6.60. The van der Waals surface area contributed by atoms with E-state index in [4.69, 9.17) is 5.73 Å². The van der Waals surface area contributed by atoms with E-state index in [1.165, 1.54) is 5.56 Å². The molecule has 0 bridgehead atoms. The zero-order valence-corrected chi connectivity index (χ0v) is 11.1. The number of hydrogen-bond donors (Lipinski definition) is 1. The number of nitrogens with two attached hydrogens (primary N) is 1. The highest BCUT2D eigenvalue weighted by Crippen LogP contribution is 2.13. The fourth-order valence-electron chi connectivity index (χ4n) is 1.59. The summed E-state index contributed by atoms with van der Waals surface area (Å²) in [5.41, 5.74) is 10.0. The number of benzene rings is 1. The number of aliphatic imine (C=N–C) groups is 1. The Morgan fingerprint density at radius 1 is 1.33 bits per heavy atom. The highest BCUT2D eigenvalue weighted by Gasteiger charge is 2.05. The third kappa shape index (κ3) is 3.45. The van der Waals surface area contributed by atoms with Gasteiger partial charge >= 0.3 is 0 Å².